The number of rotatable bonds is 5. The third-order valence-electron chi connectivity index (χ3n) is 3.69. The highest BCUT2D eigenvalue weighted by Gasteiger charge is 2.39. The molecule has 1 aliphatic carbocycles. The van der Waals surface area contributed by atoms with Crippen molar-refractivity contribution >= 4 is 11.9 Å². The molecule has 0 aromatic rings. The number of amides is 1. The monoisotopic (exact) mass is 242 g/mol. The highest BCUT2D eigenvalue weighted by atomic mass is 16.4. The second kappa shape index (κ2) is 6.00. The van der Waals surface area contributed by atoms with Crippen molar-refractivity contribution in [3.8, 4) is 0 Å². The van der Waals surface area contributed by atoms with Gasteiger partial charge in [-0.1, -0.05) is 26.2 Å². The molecule has 0 aromatic carbocycles. The number of aliphatic carboxylic acids is 1. The molecular formula is C12H22N2O3. The van der Waals surface area contributed by atoms with Gasteiger partial charge in [-0.15, -0.1) is 0 Å². The fourth-order valence-corrected chi connectivity index (χ4v) is 2.40. The van der Waals surface area contributed by atoms with Crippen LogP contribution < -0.4 is 11.1 Å². The van der Waals surface area contributed by atoms with Gasteiger partial charge in [0.25, 0.3) is 0 Å². The first-order valence-corrected chi connectivity index (χ1v) is 6.29. The van der Waals surface area contributed by atoms with Crippen LogP contribution in [-0.4, -0.2) is 29.6 Å². The van der Waals surface area contributed by atoms with Crippen LogP contribution in [0.3, 0.4) is 0 Å². The Bertz CT molecular complexity index is 285. The first-order valence-electron chi connectivity index (χ1n) is 6.29. The zero-order valence-electron chi connectivity index (χ0n) is 10.4. The molecule has 1 aliphatic rings. The molecule has 17 heavy (non-hydrogen) atoms. The molecule has 1 fully saturated rings. The number of hydrogen-bond acceptors (Lipinski definition) is 3. The SMILES string of the molecule is CCC(NC(=O)C1(CN)CCCCC1)C(=O)O. The Labute approximate surface area is 102 Å². The van der Waals surface area contributed by atoms with Crippen LogP contribution in [0.25, 0.3) is 0 Å². The van der Waals surface area contributed by atoms with E-state index in [0.29, 0.717) is 13.0 Å². The van der Waals surface area contributed by atoms with Gasteiger partial charge in [0, 0.05) is 6.54 Å². The molecule has 1 atom stereocenters. The molecular weight excluding hydrogens is 220 g/mol. The molecule has 0 spiro atoms. The Hall–Kier alpha value is -1.10. The van der Waals surface area contributed by atoms with Crippen LogP contribution in [0.15, 0.2) is 0 Å². The predicted molar refractivity (Wildman–Crippen MR) is 64.4 cm³/mol. The lowest BCUT2D eigenvalue weighted by atomic mass is 9.73. The Morgan fingerprint density at radius 1 is 1.35 bits per heavy atom. The molecule has 1 unspecified atom stereocenters. The highest BCUT2D eigenvalue weighted by Crippen LogP contribution is 2.35. The summed E-state index contributed by atoms with van der Waals surface area (Å²) in [6, 6.07) is -0.798. The summed E-state index contributed by atoms with van der Waals surface area (Å²) in [4.78, 5) is 23.1. The molecule has 5 nitrogen and oxygen atoms in total. The van der Waals surface area contributed by atoms with Crippen molar-refractivity contribution in [2.75, 3.05) is 6.54 Å². The van der Waals surface area contributed by atoms with E-state index in [9.17, 15) is 9.59 Å². The molecule has 0 saturated heterocycles. The molecule has 5 heteroatoms. The van der Waals surface area contributed by atoms with Gasteiger partial charge < -0.3 is 16.2 Å². The van der Waals surface area contributed by atoms with E-state index in [1.54, 1.807) is 6.92 Å². The summed E-state index contributed by atoms with van der Waals surface area (Å²) >= 11 is 0. The Morgan fingerprint density at radius 2 is 1.94 bits per heavy atom. The summed E-state index contributed by atoms with van der Waals surface area (Å²) in [5.41, 5.74) is 5.18. The van der Waals surface area contributed by atoms with Gasteiger partial charge in [0.1, 0.15) is 6.04 Å². The molecule has 1 amide bonds. The number of nitrogens with two attached hydrogens (primary N) is 1. The van der Waals surface area contributed by atoms with Gasteiger partial charge in [0.05, 0.1) is 5.41 Å². The van der Waals surface area contributed by atoms with Crippen LogP contribution in [0.4, 0.5) is 0 Å². The average molecular weight is 242 g/mol. The lowest BCUT2D eigenvalue weighted by Gasteiger charge is -2.35. The predicted octanol–water partition coefficient (Wildman–Crippen LogP) is 0.875. The van der Waals surface area contributed by atoms with Crippen molar-refractivity contribution in [3.05, 3.63) is 0 Å². The summed E-state index contributed by atoms with van der Waals surface area (Å²) in [7, 11) is 0. The standard InChI is InChI=1S/C12H22N2O3/c1-2-9(10(15)16)14-11(17)12(8-13)6-4-3-5-7-12/h9H,2-8,13H2,1H3,(H,14,17)(H,15,16). The maximum absolute atomic E-state index is 12.2. The van der Waals surface area contributed by atoms with Gasteiger partial charge >= 0.3 is 5.97 Å². The molecule has 4 N–H and O–H groups in total. The minimum atomic E-state index is -0.983. The minimum Gasteiger partial charge on any atom is -0.480 e. The number of hydrogen-bond donors (Lipinski definition) is 3. The topological polar surface area (TPSA) is 92.4 Å². The van der Waals surface area contributed by atoms with E-state index in [2.05, 4.69) is 5.32 Å². The van der Waals surface area contributed by atoms with Crippen LogP contribution in [0.5, 0.6) is 0 Å². The quantitative estimate of drug-likeness (QED) is 0.667. The van der Waals surface area contributed by atoms with E-state index >= 15 is 0 Å². The maximum atomic E-state index is 12.2. The third kappa shape index (κ3) is 3.19. The maximum Gasteiger partial charge on any atom is 0.326 e. The fraction of sp³-hybridized carbons (Fsp3) is 0.833. The zero-order chi connectivity index (χ0) is 12.9. The van der Waals surface area contributed by atoms with Crippen molar-refractivity contribution in [3.63, 3.8) is 0 Å². The zero-order valence-corrected chi connectivity index (χ0v) is 10.4. The Kier molecular flexibility index (Phi) is 4.93. The number of carbonyl (C=O) groups excluding carboxylic acids is 1. The van der Waals surface area contributed by atoms with Gasteiger partial charge in [0.2, 0.25) is 5.91 Å². The van der Waals surface area contributed by atoms with E-state index in [-0.39, 0.29) is 5.91 Å². The molecule has 0 radical (unpaired) electrons. The van der Waals surface area contributed by atoms with Gasteiger partial charge in [-0.25, -0.2) is 4.79 Å². The molecule has 1 rings (SSSR count). The van der Waals surface area contributed by atoms with E-state index in [1.165, 1.54) is 0 Å². The normalized spacial score (nSPS) is 20.6. The van der Waals surface area contributed by atoms with Crippen LogP contribution in [0.1, 0.15) is 45.4 Å². The van der Waals surface area contributed by atoms with E-state index in [0.717, 1.165) is 32.1 Å². The summed E-state index contributed by atoms with van der Waals surface area (Å²) in [5, 5.41) is 11.5. The molecule has 0 heterocycles. The van der Waals surface area contributed by atoms with Crippen LogP contribution >= 0.6 is 0 Å². The number of carboxylic acids is 1. The lowest BCUT2D eigenvalue weighted by molar-refractivity contribution is -0.144. The van der Waals surface area contributed by atoms with Gasteiger partial charge in [-0.3, -0.25) is 4.79 Å². The van der Waals surface area contributed by atoms with Gasteiger partial charge in [-0.05, 0) is 19.3 Å². The molecule has 1 saturated carbocycles. The average Bonchev–Trinajstić information content (AvgIpc) is 2.35. The largest absolute Gasteiger partial charge is 0.480 e. The summed E-state index contributed by atoms with van der Waals surface area (Å²) < 4.78 is 0. The van der Waals surface area contributed by atoms with Gasteiger partial charge in [-0.2, -0.15) is 0 Å². The van der Waals surface area contributed by atoms with E-state index in [4.69, 9.17) is 10.8 Å². The van der Waals surface area contributed by atoms with Gasteiger partial charge in [0.15, 0.2) is 0 Å². The highest BCUT2D eigenvalue weighted by molar-refractivity contribution is 5.87. The third-order valence-corrected chi connectivity index (χ3v) is 3.69. The molecule has 98 valence electrons. The second-order valence-electron chi connectivity index (χ2n) is 4.82. The molecule has 0 aromatic heterocycles. The molecule has 0 aliphatic heterocycles. The fourth-order valence-electron chi connectivity index (χ4n) is 2.40. The Morgan fingerprint density at radius 3 is 2.35 bits per heavy atom. The number of nitrogens with one attached hydrogen (secondary N) is 1. The van der Waals surface area contributed by atoms with Crippen molar-refractivity contribution in [1.29, 1.82) is 0 Å². The van der Waals surface area contributed by atoms with E-state index < -0.39 is 17.4 Å². The first kappa shape index (κ1) is 14.0. The lowest BCUT2D eigenvalue weighted by Crippen LogP contribution is -2.52. The van der Waals surface area contributed by atoms with Crippen molar-refractivity contribution in [2.24, 2.45) is 11.1 Å². The summed E-state index contributed by atoms with van der Waals surface area (Å²) in [6.07, 6.45) is 5.05. The van der Waals surface area contributed by atoms with E-state index in [1.807, 2.05) is 0 Å². The smallest absolute Gasteiger partial charge is 0.326 e. The van der Waals surface area contributed by atoms with Crippen LogP contribution in [-0.2, 0) is 9.59 Å². The number of carboxylic acid groups (broad SMARTS) is 1. The Balaban J connectivity index is 2.68. The van der Waals surface area contributed by atoms with Crippen molar-refractivity contribution in [2.45, 2.75) is 51.5 Å². The first-order chi connectivity index (χ1) is 8.05. The van der Waals surface area contributed by atoms with Crippen LogP contribution in [0.2, 0.25) is 0 Å². The minimum absolute atomic E-state index is 0.186. The molecule has 0 bridgehead atoms. The van der Waals surface area contributed by atoms with Crippen LogP contribution in [0, 0.1) is 5.41 Å². The summed E-state index contributed by atoms with van der Waals surface area (Å²) in [6.45, 7) is 2.05. The van der Waals surface area contributed by atoms with Crippen molar-refractivity contribution < 1.29 is 14.7 Å². The summed E-state index contributed by atoms with van der Waals surface area (Å²) in [5.74, 6) is -1.17. The van der Waals surface area contributed by atoms with Crippen molar-refractivity contribution in [1.82, 2.24) is 5.32 Å². The number of carbonyl (C=O) groups is 2. The second-order valence-corrected chi connectivity index (χ2v) is 4.82.